The Morgan fingerprint density at radius 2 is 2.13 bits per heavy atom. The van der Waals surface area contributed by atoms with Crippen molar-refractivity contribution in [2.24, 2.45) is 7.05 Å². The molecular weight excluding hydrogens is 303 g/mol. The van der Waals surface area contributed by atoms with Crippen LogP contribution in [0.4, 0.5) is 0 Å². The maximum absolute atomic E-state index is 12.3. The minimum Gasteiger partial charge on any atom is -0.318 e. The summed E-state index contributed by atoms with van der Waals surface area (Å²) in [5.41, 5.74) is 4.90. The van der Waals surface area contributed by atoms with Gasteiger partial charge in [-0.2, -0.15) is 0 Å². The minimum absolute atomic E-state index is 0.0356. The third-order valence-corrected chi connectivity index (χ3v) is 5.41. The monoisotopic (exact) mass is 322 g/mol. The lowest BCUT2D eigenvalue weighted by Gasteiger charge is -2.11. The number of aromatic nitrogens is 2. The average Bonchev–Trinajstić information content (AvgIpc) is 2.92. The molecule has 0 radical (unpaired) electrons. The first-order valence-corrected chi connectivity index (χ1v) is 8.50. The highest BCUT2D eigenvalue weighted by Crippen LogP contribution is 2.34. The van der Waals surface area contributed by atoms with Gasteiger partial charge in [-0.1, -0.05) is 6.92 Å². The van der Waals surface area contributed by atoms with Gasteiger partial charge in [0.15, 0.2) is 0 Å². The molecule has 1 aliphatic rings. The summed E-state index contributed by atoms with van der Waals surface area (Å²) in [5, 5.41) is 2.72. The summed E-state index contributed by atoms with van der Waals surface area (Å²) in [6.45, 7) is 2.26. The van der Waals surface area contributed by atoms with Gasteiger partial charge in [0, 0.05) is 30.4 Å². The molecule has 3 aromatic rings. The molecule has 4 rings (SSSR count). The van der Waals surface area contributed by atoms with Crippen molar-refractivity contribution in [3.8, 4) is 11.3 Å². The Morgan fingerprint density at radius 1 is 1.30 bits per heavy atom. The molecule has 116 valence electrons. The van der Waals surface area contributed by atoms with Gasteiger partial charge in [0.05, 0.1) is 5.69 Å². The Balaban J connectivity index is 1.91. The molecule has 2 heterocycles. The molecule has 23 heavy (non-hydrogen) atoms. The van der Waals surface area contributed by atoms with E-state index in [0.29, 0.717) is 5.92 Å². The van der Waals surface area contributed by atoms with Crippen molar-refractivity contribution >= 4 is 25.3 Å². The molecule has 0 amide bonds. The molecule has 0 spiro atoms. The Morgan fingerprint density at radius 3 is 2.96 bits per heavy atom. The fourth-order valence-electron chi connectivity index (χ4n) is 3.47. The first kappa shape index (κ1) is 14.6. The molecule has 0 N–H and O–H groups in total. The standard InChI is InChI=1S/C19H19N2OP/c1-11-3-4-12-8-17(20-10-16(11)12)15-7-13-5-6-21(2)19(22)14(13)9-18(15)23/h5-11H,3-4,23H2,1-2H3. The van der Waals surface area contributed by atoms with Crippen molar-refractivity contribution in [2.45, 2.75) is 25.7 Å². The van der Waals surface area contributed by atoms with E-state index in [-0.39, 0.29) is 5.56 Å². The van der Waals surface area contributed by atoms with Crippen LogP contribution in [0.15, 0.2) is 41.5 Å². The van der Waals surface area contributed by atoms with Crippen LogP contribution in [0.25, 0.3) is 22.0 Å². The van der Waals surface area contributed by atoms with Crippen LogP contribution in [0.1, 0.15) is 30.4 Å². The topological polar surface area (TPSA) is 34.9 Å². The number of nitrogens with zero attached hydrogens (tertiary/aromatic N) is 2. The molecule has 0 aliphatic heterocycles. The van der Waals surface area contributed by atoms with E-state index in [0.717, 1.165) is 33.8 Å². The van der Waals surface area contributed by atoms with Crippen molar-refractivity contribution in [2.75, 3.05) is 0 Å². The third kappa shape index (κ3) is 2.31. The van der Waals surface area contributed by atoms with Crippen LogP contribution in [0.3, 0.4) is 0 Å². The van der Waals surface area contributed by atoms with Gasteiger partial charge in [-0.15, -0.1) is 9.24 Å². The smallest absolute Gasteiger partial charge is 0.258 e. The number of pyridine rings is 2. The number of benzene rings is 1. The molecule has 2 atom stereocenters. The zero-order chi connectivity index (χ0) is 16.1. The molecule has 0 saturated carbocycles. The second-order valence-electron chi connectivity index (χ2n) is 6.47. The van der Waals surface area contributed by atoms with Crippen LogP contribution in [0.2, 0.25) is 0 Å². The lowest BCUT2D eigenvalue weighted by Crippen LogP contribution is -2.16. The second kappa shape index (κ2) is 5.28. The minimum atomic E-state index is 0.0356. The Hall–Kier alpha value is -1.99. The van der Waals surface area contributed by atoms with E-state index in [9.17, 15) is 4.79 Å². The summed E-state index contributed by atoms with van der Waals surface area (Å²) in [5.74, 6) is 0.613. The summed E-state index contributed by atoms with van der Waals surface area (Å²) in [4.78, 5) is 16.9. The average molecular weight is 322 g/mol. The zero-order valence-corrected chi connectivity index (χ0v) is 14.5. The van der Waals surface area contributed by atoms with E-state index in [4.69, 9.17) is 0 Å². The highest BCUT2D eigenvalue weighted by Gasteiger charge is 2.20. The van der Waals surface area contributed by atoms with Crippen molar-refractivity contribution in [3.63, 3.8) is 0 Å². The van der Waals surface area contributed by atoms with E-state index in [2.05, 4.69) is 33.3 Å². The predicted octanol–water partition coefficient (Wildman–Crippen LogP) is 3.15. The van der Waals surface area contributed by atoms with Crippen LogP contribution in [-0.4, -0.2) is 9.55 Å². The summed E-state index contributed by atoms with van der Waals surface area (Å²) in [6.07, 6.45) is 6.18. The van der Waals surface area contributed by atoms with Crippen molar-refractivity contribution in [3.05, 3.63) is 58.1 Å². The van der Waals surface area contributed by atoms with Gasteiger partial charge in [0.1, 0.15) is 0 Å². The van der Waals surface area contributed by atoms with E-state index < -0.39 is 0 Å². The molecule has 0 saturated heterocycles. The Labute approximate surface area is 137 Å². The number of hydrogen-bond acceptors (Lipinski definition) is 2. The molecule has 4 heteroatoms. The van der Waals surface area contributed by atoms with Crippen LogP contribution >= 0.6 is 9.24 Å². The molecule has 0 bridgehead atoms. The van der Waals surface area contributed by atoms with Crippen molar-refractivity contribution < 1.29 is 0 Å². The predicted molar refractivity (Wildman–Crippen MR) is 98.5 cm³/mol. The van der Waals surface area contributed by atoms with Crippen LogP contribution in [0.5, 0.6) is 0 Å². The van der Waals surface area contributed by atoms with Gasteiger partial charge in [0.25, 0.3) is 5.56 Å². The SMILES string of the molecule is CC1CCc2cc(-c3cc4ccn(C)c(=O)c4cc3P)ncc21. The normalized spacial score (nSPS) is 16.7. The molecule has 2 unspecified atom stereocenters. The zero-order valence-electron chi connectivity index (χ0n) is 13.3. The maximum Gasteiger partial charge on any atom is 0.258 e. The van der Waals surface area contributed by atoms with Crippen LogP contribution in [0, 0.1) is 0 Å². The van der Waals surface area contributed by atoms with E-state index in [1.165, 1.54) is 17.5 Å². The number of hydrogen-bond donors (Lipinski definition) is 0. The summed E-state index contributed by atoms with van der Waals surface area (Å²) < 4.78 is 1.61. The maximum atomic E-state index is 12.3. The van der Waals surface area contributed by atoms with Crippen molar-refractivity contribution in [1.82, 2.24) is 9.55 Å². The highest BCUT2D eigenvalue weighted by atomic mass is 31.0. The molecule has 1 aliphatic carbocycles. The van der Waals surface area contributed by atoms with Gasteiger partial charge < -0.3 is 4.57 Å². The van der Waals surface area contributed by atoms with Gasteiger partial charge in [-0.3, -0.25) is 9.78 Å². The largest absolute Gasteiger partial charge is 0.318 e. The second-order valence-corrected chi connectivity index (χ2v) is 7.09. The van der Waals surface area contributed by atoms with E-state index >= 15 is 0 Å². The van der Waals surface area contributed by atoms with Gasteiger partial charge in [-0.05, 0) is 64.8 Å². The molecule has 1 aromatic carbocycles. The lowest BCUT2D eigenvalue weighted by molar-refractivity contribution is 0.745. The van der Waals surface area contributed by atoms with Gasteiger partial charge in [0.2, 0.25) is 0 Å². The molecule has 3 nitrogen and oxygen atoms in total. The summed E-state index contributed by atoms with van der Waals surface area (Å²) in [7, 11) is 4.53. The summed E-state index contributed by atoms with van der Waals surface area (Å²) >= 11 is 0. The first-order valence-electron chi connectivity index (χ1n) is 7.92. The first-order chi connectivity index (χ1) is 11.0. The number of aryl methyl sites for hydroxylation is 2. The van der Waals surface area contributed by atoms with Gasteiger partial charge in [-0.25, -0.2) is 0 Å². The highest BCUT2D eigenvalue weighted by molar-refractivity contribution is 7.28. The Kier molecular flexibility index (Phi) is 3.35. The fraction of sp³-hybridized carbons (Fsp3) is 0.263. The van der Waals surface area contributed by atoms with E-state index in [1.54, 1.807) is 11.6 Å². The third-order valence-electron chi connectivity index (χ3n) is 4.93. The molecule has 0 fully saturated rings. The number of rotatable bonds is 1. The van der Waals surface area contributed by atoms with Crippen molar-refractivity contribution in [1.29, 1.82) is 0 Å². The molecular formula is C19H19N2OP. The quantitative estimate of drug-likeness (QED) is 0.645. The van der Waals surface area contributed by atoms with E-state index in [1.807, 2.05) is 24.5 Å². The van der Waals surface area contributed by atoms with Crippen LogP contribution in [-0.2, 0) is 13.5 Å². The lowest BCUT2D eigenvalue weighted by atomic mass is 10.0. The van der Waals surface area contributed by atoms with Crippen LogP contribution < -0.4 is 10.9 Å². The fourth-order valence-corrected chi connectivity index (χ4v) is 3.87. The molecule has 2 aromatic heterocycles. The van der Waals surface area contributed by atoms with Gasteiger partial charge >= 0.3 is 0 Å². The Bertz CT molecular complexity index is 991. The summed E-state index contributed by atoms with van der Waals surface area (Å²) in [6, 6.07) is 8.23. The number of fused-ring (bicyclic) bond motifs is 2.